The van der Waals surface area contributed by atoms with E-state index in [4.69, 9.17) is 5.26 Å². The Morgan fingerprint density at radius 1 is 1.15 bits per heavy atom. The molecule has 0 unspecified atom stereocenters. The number of aryl methyl sites for hydroxylation is 1. The van der Waals surface area contributed by atoms with Gasteiger partial charge in [-0.05, 0) is 37.3 Å². The summed E-state index contributed by atoms with van der Waals surface area (Å²) in [5, 5.41) is 13.6. The van der Waals surface area contributed by atoms with E-state index in [2.05, 4.69) is 10.6 Å². The molecule has 20 heavy (non-hydrogen) atoms. The summed E-state index contributed by atoms with van der Waals surface area (Å²) in [6.07, 6.45) is 0. The van der Waals surface area contributed by atoms with Crippen LogP contribution in [0.1, 0.15) is 11.1 Å². The van der Waals surface area contributed by atoms with Crippen molar-refractivity contribution in [2.45, 2.75) is 6.92 Å². The molecule has 2 N–H and O–H groups in total. The standard InChI is InChI=1S/C15H12FN3O/c1-10-2-5-12(6-3-10)18-15(20)19-14-7-4-11(9-17)8-13(14)16/h2-8H,1H3,(H2,18,19,20). The average molecular weight is 269 g/mol. The molecule has 0 bridgehead atoms. The lowest BCUT2D eigenvalue weighted by atomic mass is 10.2. The summed E-state index contributed by atoms with van der Waals surface area (Å²) < 4.78 is 13.6. The maximum Gasteiger partial charge on any atom is 0.323 e. The molecule has 4 nitrogen and oxygen atoms in total. The van der Waals surface area contributed by atoms with Crippen LogP contribution < -0.4 is 10.6 Å². The van der Waals surface area contributed by atoms with Crippen molar-refractivity contribution in [2.75, 3.05) is 10.6 Å². The Morgan fingerprint density at radius 3 is 2.45 bits per heavy atom. The number of nitriles is 1. The molecule has 2 rings (SSSR count). The molecule has 0 aliphatic carbocycles. The van der Waals surface area contributed by atoms with Crippen LogP contribution in [0.2, 0.25) is 0 Å². The van der Waals surface area contributed by atoms with Gasteiger partial charge >= 0.3 is 6.03 Å². The number of halogens is 1. The number of amides is 2. The summed E-state index contributed by atoms with van der Waals surface area (Å²) in [5.74, 6) is -0.650. The van der Waals surface area contributed by atoms with Crippen LogP contribution in [0.4, 0.5) is 20.6 Å². The molecule has 0 aliphatic rings. The monoisotopic (exact) mass is 269 g/mol. The van der Waals surface area contributed by atoms with Gasteiger partial charge in [-0.2, -0.15) is 5.26 Å². The van der Waals surface area contributed by atoms with E-state index in [0.717, 1.165) is 11.6 Å². The van der Waals surface area contributed by atoms with Crippen molar-refractivity contribution in [3.63, 3.8) is 0 Å². The number of nitrogens with zero attached hydrogens (tertiary/aromatic N) is 1. The molecule has 0 aliphatic heterocycles. The highest BCUT2D eigenvalue weighted by Gasteiger charge is 2.07. The first-order valence-electron chi connectivity index (χ1n) is 5.93. The second kappa shape index (κ2) is 5.85. The van der Waals surface area contributed by atoms with Gasteiger partial charge in [0.25, 0.3) is 0 Å². The topological polar surface area (TPSA) is 64.9 Å². The highest BCUT2D eigenvalue weighted by atomic mass is 19.1. The molecular weight excluding hydrogens is 257 g/mol. The fraction of sp³-hybridized carbons (Fsp3) is 0.0667. The van der Waals surface area contributed by atoms with E-state index >= 15 is 0 Å². The first kappa shape index (κ1) is 13.6. The van der Waals surface area contributed by atoms with E-state index in [1.54, 1.807) is 12.1 Å². The molecule has 2 aromatic carbocycles. The van der Waals surface area contributed by atoms with Crippen LogP contribution >= 0.6 is 0 Å². The van der Waals surface area contributed by atoms with Crippen LogP contribution in [0.15, 0.2) is 42.5 Å². The Bertz CT molecular complexity index is 675. The Labute approximate surface area is 115 Å². The smallest absolute Gasteiger partial charge is 0.308 e. The maximum absolute atomic E-state index is 13.6. The summed E-state index contributed by atoms with van der Waals surface area (Å²) in [6.45, 7) is 1.94. The summed E-state index contributed by atoms with van der Waals surface area (Å²) in [5.41, 5.74) is 1.91. The van der Waals surface area contributed by atoms with Crippen LogP contribution in [0.5, 0.6) is 0 Å². The minimum atomic E-state index is -0.650. The number of carbonyl (C=O) groups is 1. The number of benzene rings is 2. The molecule has 5 heteroatoms. The van der Waals surface area contributed by atoms with Gasteiger partial charge in [-0.25, -0.2) is 9.18 Å². The molecule has 0 heterocycles. The van der Waals surface area contributed by atoms with Crippen molar-refractivity contribution in [3.8, 4) is 6.07 Å². The Balaban J connectivity index is 2.05. The Morgan fingerprint density at radius 2 is 1.85 bits per heavy atom. The minimum absolute atomic E-state index is 0.0219. The van der Waals surface area contributed by atoms with E-state index in [1.807, 2.05) is 25.1 Å². The third-order valence-electron chi connectivity index (χ3n) is 2.66. The minimum Gasteiger partial charge on any atom is -0.308 e. The molecule has 0 atom stereocenters. The molecule has 0 fully saturated rings. The zero-order valence-corrected chi connectivity index (χ0v) is 10.8. The second-order valence-corrected chi connectivity index (χ2v) is 4.25. The molecule has 2 amide bonds. The first-order valence-corrected chi connectivity index (χ1v) is 5.93. The zero-order valence-electron chi connectivity index (χ0n) is 10.8. The van der Waals surface area contributed by atoms with Gasteiger partial charge in [0.1, 0.15) is 5.82 Å². The lowest BCUT2D eigenvalue weighted by Gasteiger charge is -2.08. The third kappa shape index (κ3) is 3.33. The van der Waals surface area contributed by atoms with Gasteiger partial charge in [0.15, 0.2) is 0 Å². The molecule has 0 saturated heterocycles. The number of hydrogen-bond donors (Lipinski definition) is 2. The van der Waals surface area contributed by atoms with Crippen LogP contribution in [0.25, 0.3) is 0 Å². The highest BCUT2D eigenvalue weighted by molar-refractivity contribution is 5.99. The first-order chi connectivity index (χ1) is 9.58. The Hall–Kier alpha value is -2.87. The quantitative estimate of drug-likeness (QED) is 0.874. The van der Waals surface area contributed by atoms with Gasteiger partial charge in [0.05, 0.1) is 17.3 Å². The molecular formula is C15H12FN3O. The SMILES string of the molecule is Cc1ccc(NC(=O)Nc2ccc(C#N)cc2F)cc1. The van der Waals surface area contributed by atoms with Crippen LogP contribution in [-0.4, -0.2) is 6.03 Å². The number of anilines is 2. The third-order valence-corrected chi connectivity index (χ3v) is 2.66. The van der Waals surface area contributed by atoms with Gasteiger partial charge in [-0.15, -0.1) is 0 Å². The van der Waals surface area contributed by atoms with Crippen LogP contribution in [0, 0.1) is 24.1 Å². The van der Waals surface area contributed by atoms with E-state index in [0.29, 0.717) is 5.69 Å². The fourth-order valence-corrected chi connectivity index (χ4v) is 1.61. The van der Waals surface area contributed by atoms with E-state index in [-0.39, 0.29) is 11.3 Å². The van der Waals surface area contributed by atoms with Gasteiger partial charge in [0, 0.05) is 5.69 Å². The van der Waals surface area contributed by atoms with Crippen molar-refractivity contribution in [3.05, 3.63) is 59.4 Å². The number of hydrogen-bond acceptors (Lipinski definition) is 2. The summed E-state index contributed by atoms with van der Waals surface area (Å²) >= 11 is 0. The molecule has 0 radical (unpaired) electrons. The molecule has 0 spiro atoms. The van der Waals surface area contributed by atoms with Crippen molar-refractivity contribution >= 4 is 17.4 Å². The number of urea groups is 1. The van der Waals surface area contributed by atoms with Gasteiger partial charge in [0.2, 0.25) is 0 Å². The summed E-state index contributed by atoms with van der Waals surface area (Å²) in [7, 11) is 0. The highest BCUT2D eigenvalue weighted by Crippen LogP contribution is 2.16. The number of carbonyl (C=O) groups excluding carboxylic acids is 1. The van der Waals surface area contributed by atoms with Crippen molar-refractivity contribution in [1.29, 1.82) is 5.26 Å². The van der Waals surface area contributed by atoms with Crippen LogP contribution in [0.3, 0.4) is 0 Å². The summed E-state index contributed by atoms with van der Waals surface area (Å²) in [6, 6.07) is 12.4. The molecule has 0 saturated carbocycles. The zero-order chi connectivity index (χ0) is 14.5. The Kier molecular flexibility index (Phi) is 3.96. The van der Waals surface area contributed by atoms with Gasteiger partial charge in [-0.1, -0.05) is 17.7 Å². The largest absolute Gasteiger partial charge is 0.323 e. The lowest BCUT2D eigenvalue weighted by molar-refractivity contribution is 0.262. The molecule has 100 valence electrons. The molecule has 2 aromatic rings. The fourth-order valence-electron chi connectivity index (χ4n) is 1.61. The van der Waals surface area contributed by atoms with Crippen LogP contribution in [-0.2, 0) is 0 Å². The van der Waals surface area contributed by atoms with Gasteiger partial charge in [-0.3, -0.25) is 0 Å². The van der Waals surface area contributed by atoms with Gasteiger partial charge < -0.3 is 10.6 Å². The normalized spacial score (nSPS) is 9.65. The molecule has 0 aromatic heterocycles. The van der Waals surface area contributed by atoms with E-state index < -0.39 is 11.8 Å². The lowest BCUT2D eigenvalue weighted by Crippen LogP contribution is -2.20. The maximum atomic E-state index is 13.6. The average Bonchev–Trinajstić information content (AvgIpc) is 2.43. The summed E-state index contributed by atoms with van der Waals surface area (Å²) in [4.78, 5) is 11.7. The van der Waals surface area contributed by atoms with Crippen molar-refractivity contribution in [1.82, 2.24) is 0 Å². The van der Waals surface area contributed by atoms with E-state index in [9.17, 15) is 9.18 Å². The number of rotatable bonds is 2. The van der Waals surface area contributed by atoms with E-state index in [1.165, 1.54) is 12.1 Å². The predicted octanol–water partition coefficient (Wildman–Crippen LogP) is 3.65. The van der Waals surface area contributed by atoms with Crippen molar-refractivity contribution < 1.29 is 9.18 Å². The van der Waals surface area contributed by atoms with Crippen molar-refractivity contribution in [2.24, 2.45) is 0 Å². The second-order valence-electron chi connectivity index (χ2n) is 4.25. The number of nitrogens with one attached hydrogen (secondary N) is 2. The predicted molar refractivity (Wildman–Crippen MR) is 74.9 cm³/mol.